The summed E-state index contributed by atoms with van der Waals surface area (Å²) in [6.07, 6.45) is 1.37. The summed E-state index contributed by atoms with van der Waals surface area (Å²) >= 11 is 0. The van der Waals surface area contributed by atoms with Crippen molar-refractivity contribution in [1.29, 1.82) is 5.26 Å². The summed E-state index contributed by atoms with van der Waals surface area (Å²) in [7, 11) is 0. The summed E-state index contributed by atoms with van der Waals surface area (Å²) in [5.74, 6) is -0.438. The molecule has 0 bridgehead atoms. The van der Waals surface area contributed by atoms with Crippen LogP contribution in [0.4, 0.5) is 4.39 Å². The molecular weight excluding hydrogens is 229 g/mol. The molecule has 0 aliphatic carbocycles. The minimum Gasteiger partial charge on any atom is -0.241 e. The standard InChI is InChI=1S/C10H6FN3.2C2H6/c1-6-9-3-8(11)2-7(4-12)10(9)14-5-13-6;2*1-2/h2-3,5H,1H3;2*1-2H3. The number of hydrogen-bond donors (Lipinski definition) is 0. The summed E-state index contributed by atoms with van der Waals surface area (Å²) in [5, 5.41) is 9.36. The maximum absolute atomic E-state index is 13.1. The summed E-state index contributed by atoms with van der Waals surface area (Å²) in [6, 6.07) is 4.42. The van der Waals surface area contributed by atoms with Crippen molar-refractivity contribution in [2.45, 2.75) is 34.6 Å². The predicted octanol–water partition coefficient (Wildman–Crippen LogP) is 4.00. The third kappa shape index (κ3) is 3.49. The van der Waals surface area contributed by atoms with E-state index < -0.39 is 5.82 Å². The molecule has 0 saturated carbocycles. The van der Waals surface area contributed by atoms with E-state index in [1.54, 1.807) is 6.92 Å². The minimum absolute atomic E-state index is 0.241. The number of nitrogens with zero attached hydrogens (tertiary/aromatic N) is 3. The molecule has 0 saturated heterocycles. The minimum atomic E-state index is -0.438. The molecule has 1 heterocycles. The molecule has 96 valence electrons. The first-order valence-electron chi connectivity index (χ1n) is 6.03. The topological polar surface area (TPSA) is 49.6 Å². The lowest BCUT2D eigenvalue weighted by Gasteiger charge is -2.01. The average Bonchev–Trinajstić information content (AvgIpc) is 2.43. The van der Waals surface area contributed by atoms with Crippen LogP contribution in [0.1, 0.15) is 39.0 Å². The molecule has 0 aliphatic heterocycles. The molecule has 0 amide bonds. The van der Waals surface area contributed by atoms with E-state index in [2.05, 4.69) is 9.97 Å². The van der Waals surface area contributed by atoms with E-state index >= 15 is 0 Å². The number of nitriles is 1. The molecule has 0 unspecified atom stereocenters. The highest BCUT2D eigenvalue weighted by Gasteiger charge is 2.06. The van der Waals surface area contributed by atoms with E-state index in [0.717, 1.165) is 0 Å². The number of aromatic nitrogens is 2. The average molecular weight is 247 g/mol. The van der Waals surface area contributed by atoms with Gasteiger partial charge in [0.2, 0.25) is 0 Å². The van der Waals surface area contributed by atoms with Gasteiger partial charge in [0.15, 0.2) is 0 Å². The van der Waals surface area contributed by atoms with E-state index in [-0.39, 0.29) is 5.56 Å². The molecule has 4 heteroatoms. The Labute approximate surface area is 107 Å². The monoisotopic (exact) mass is 247 g/mol. The molecule has 0 atom stereocenters. The van der Waals surface area contributed by atoms with Gasteiger partial charge in [0.05, 0.1) is 11.1 Å². The molecule has 0 N–H and O–H groups in total. The highest BCUT2D eigenvalue weighted by molar-refractivity contribution is 5.85. The lowest BCUT2D eigenvalue weighted by molar-refractivity contribution is 0.629. The van der Waals surface area contributed by atoms with Crippen molar-refractivity contribution in [3.05, 3.63) is 35.5 Å². The number of benzene rings is 1. The van der Waals surface area contributed by atoms with Crippen LogP contribution in [0.3, 0.4) is 0 Å². The zero-order chi connectivity index (χ0) is 14.1. The molecule has 0 spiro atoms. The first-order valence-corrected chi connectivity index (χ1v) is 6.03. The van der Waals surface area contributed by atoms with Crippen molar-refractivity contribution in [3.63, 3.8) is 0 Å². The van der Waals surface area contributed by atoms with Gasteiger partial charge in [0.1, 0.15) is 18.2 Å². The molecule has 0 aliphatic rings. The second-order valence-corrected chi connectivity index (χ2v) is 2.92. The Hall–Kier alpha value is -2.02. The number of fused-ring (bicyclic) bond motifs is 1. The third-order valence-corrected chi connectivity index (χ3v) is 2.02. The lowest BCUT2D eigenvalue weighted by Crippen LogP contribution is -1.91. The molecule has 0 fully saturated rings. The smallest absolute Gasteiger partial charge is 0.125 e. The van der Waals surface area contributed by atoms with Crippen molar-refractivity contribution in [2.75, 3.05) is 0 Å². The fourth-order valence-corrected chi connectivity index (χ4v) is 1.34. The zero-order valence-corrected chi connectivity index (χ0v) is 11.5. The number of halogens is 1. The van der Waals surface area contributed by atoms with Crippen LogP contribution in [-0.2, 0) is 0 Å². The fraction of sp³-hybridized carbons (Fsp3) is 0.357. The first-order chi connectivity index (χ1) is 8.72. The molecule has 3 nitrogen and oxygen atoms in total. The highest BCUT2D eigenvalue weighted by Crippen LogP contribution is 2.19. The first kappa shape index (κ1) is 16.0. The Balaban J connectivity index is 0.000000659. The molecule has 2 rings (SSSR count). The van der Waals surface area contributed by atoms with Gasteiger partial charge in [-0.05, 0) is 19.1 Å². The quantitative estimate of drug-likeness (QED) is 0.707. The van der Waals surface area contributed by atoms with Crippen molar-refractivity contribution in [3.8, 4) is 6.07 Å². The van der Waals surface area contributed by atoms with Gasteiger partial charge in [-0.1, -0.05) is 27.7 Å². The second kappa shape index (κ2) is 8.13. The summed E-state index contributed by atoms with van der Waals surface area (Å²) in [6.45, 7) is 9.75. The zero-order valence-electron chi connectivity index (χ0n) is 11.5. The van der Waals surface area contributed by atoms with Crippen LogP contribution >= 0.6 is 0 Å². The molecule has 2 aromatic rings. The lowest BCUT2D eigenvalue weighted by atomic mass is 10.1. The normalized spacial score (nSPS) is 8.50. The van der Waals surface area contributed by atoms with Crippen molar-refractivity contribution >= 4 is 10.9 Å². The Kier molecular flexibility index (Phi) is 7.22. The predicted molar refractivity (Wildman–Crippen MR) is 71.6 cm³/mol. The Morgan fingerprint density at radius 3 is 2.28 bits per heavy atom. The SMILES string of the molecule is CC.CC.Cc1ncnc2c(C#N)cc(F)cc12. The van der Waals surface area contributed by atoms with Gasteiger partial charge in [0, 0.05) is 11.1 Å². The van der Waals surface area contributed by atoms with Crippen LogP contribution in [0.5, 0.6) is 0 Å². The molecule has 1 aromatic heterocycles. The van der Waals surface area contributed by atoms with Gasteiger partial charge in [-0.3, -0.25) is 0 Å². The number of aryl methyl sites for hydroxylation is 1. The van der Waals surface area contributed by atoms with Gasteiger partial charge in [-0.25, -0.2) is 14.4 Å². The van der Waals surface area contributed by atoms with E-state index in [4.69, 9.17) is 5.26 Å². The van der Waals surface area contributed by atoms with Crippen molar-refractivity contribution < 1.29 is 4.39 Å². The van der Waals surface area contributed by atoms with Crippen LogP contribution in [0.25, 0.3) is 10.9 Å². The largest absolute Gasteiger partial charge is 0.241 e. The van der Waals surface area contributed by atoms with E-state index in [9.17, 15) is 4.39 Å². The van der Waals surface area contributed by atoms with Gasteiger partial charge in [-0.15, -0.1) is 0 Å². The molecular formula is C14H18FN3. The van der Waals surface area contributed by atoms with Gasteiger partial charge < -0.3 is 0 Å². The Bertz CT molecular complexity index is 544. The van der Waals surface area contributed by atoms with E-state index in [0.29, 0.717) is 16.6 Å². The number of hydrogen-bond acceptors (Lipinski definition) is 3. The van der Waals surface area contributed by atoms with E-state index in [1.165, 1.54) is 18.5 Å². The summed E-state index contributed by atoms with van der Waals surface area (Å²) in [5.41, 5.74) is 1.41. The van der Waals surface area contributed by atoms with Crippen LogP contribution in [0.2, 0.25) is 0 Å². The second-order valence-electron chi connectivity index (χ2n) is 2.92. The van der Waals surface area contributed by atoms with Crippen LogP contribution < -0.4 is 0 Å². The maximum Gasteiger partial charge on any atom is 0.125 e. The Morgan fingerprint density at radius 1 is 1.11 bits per heavy atom. The number of rotatable bonds is 0. The van der Waals surface area contributed by atoms with Gasteiger partial charge in [0.25, 0.3) is 0 Å². The van der Waals surface area contributed by atoms with Gasteiger partial charge >= 0.3 is 0 Å². The molecule has 18 heavy (non-hydrogen) atoms. The maximum atomic E-state index is 13.1. The summed E-state index contributed by atoms with van der Waals surface area (Å²) < 4.78 is 13.1. The fourth-order valence-electron chi connectivity index (χ4n) is 1.34. The summed E-state index contributed by atoms with van der Waals surface area (Å²) in [4.78, 5) is 7.89. The Morgan fingerprint density at radius 2 is 1.72 bits per heavy atom. The highest BCUT2D eigenvalue weighted by atomic mass is 19.1. The molecule has 1 aromatic carbocycles. The van der Waals surface area contributed by atoms with Crippen molar-refractivity contribution in [2.24, 2.45) is 0 Å². The van der Waals surface area contributed by atoms with E-state index in [1.807, 2.05) is 33.8 Å². The molecule has 0 radical (unpaired) electrons. The van der Waals surface area contributed by atoms with Crippen LogP contribution in [-0.4, -0.2) is 9.97 Å². The van der Waals surface area contributed by atoms with Crippen LogP contribution in [0.15, 0.2) is 18.5 Å². The third-order valence-electron chi connectivity index (χ3n) is 2.02. The van der Waals surface area contributed by atoms with Crippen LogP contribution in [0, 0.1) is 24.1 Å². The van der Waals surface area contributed by atoms with Crippen molar-refractivity contribution in [1.82, 2.24) is 9.97 Å². The van der Waals surface area contributed by atoms with Gasteiger partial charge in [-0.2, -0.15) is 5.26 Å².